The van der Waals surface area contributed by atoms with Crippen LogP contribution in [0, 0.1) is 5.92 Å². The summed E-state index contributed by atoms with van der Waals surface area (Å²) in [5, 5.41) is 3.45. The van der Waals surface area contributed by atoms with E-state index in [-0.39, 0.29) is 12.4 Å². The van der Waals surface area contributed by atoms with E-state index in [0.717, 1.165) is 5.92 Å². The van der Waals surface area contributed by atoms with E-state index in [0.29, 0.717) is 6.04 Å². The minimum absolute atomic E-state index is 0. The Labute approximate surface area is 116 Å². The summed E-state index contributed by atoms with van der Waals surface area (Å²) in [6.07, 6.45) is 3.90. The highest BCUT2D eigenvalue weighted by atomic mass is 35.5. The second kappa shape index (κ2) is 5.94. The van der Waals surface area contributed by atoms with E-state index >= 15 is 0 Å². The molecule has 0 bridgehead atoms. The van der Waals surface area contributed by atoms with Crippen molar-refractivity contribution in [1.82, 2.24) is 5.32 Å². The number of hydrogen-bond acceptors (Lipinski definition) is 2. The van der Waals surface area contributed by atoms with Gasteiger partial charge in [-0.2, -0.15) is 0 Å². The monoisotopic (exact) mass is 266 g/mol. The zero-order chi connectivity index (χ0) is 11.7. The number of piperidine rings is 1. The van der Waals surface area contributed by atoms with Crippen LogP contribution in [0.5, 0.6) is 0 Å². The van der Waals surface area contributed by atoms with Gasteiger partial charge in [0, 0.05) is 18.3 Å². The number of nitrogens with one attached hydrogen (secondary N) is 1. The Morgan fingerprint density at radius 3 is 2.72 bits per heavy atom. The van der Waals surface area contributed by atoms with E-state index in [1.54, 1.807) is 0 Å². The van der Waals surface area contributed by atoms with Gasteiger partial charge in [-0.15, -0.1) is 12.4 Å². The van der Waals surface area contributed by atoms with Crippen LogP contribution in [-0.4, -0.2) is 25.7 Å². The summed E-state index contributed by atoms with van der Waals surface area (Å²) in [6, 6.07) is 9.60. The number of benzene rings is 1. The maximum atomic E-state index is 3.45. The highest BCUT2D eigenvalue weighted by molar-refractivity contribution is 5.85. The molecule has 0 spiro atoms. The van der Waals surface area contributed by atoms with E-state index in [2.05, 4.69) is 41.4 Å². The lowest BCUT2D eigenvalue weighted by Crippen LogP contribution is -2.38. The molecule has 1 saturated heterocycles. The van der Waals surface area contributed by atoms with Crippen LogP contribution < -0.4 is 10.2 Å². The molecule has 1 N–H and O–H groups in total. The van der Waals surface area contributed by atoms with Gasteiger partial charge in [-0.1, -0.05) is 18.2 Å². The molecule has 3 heteroatoms. The Balaban J connectivity index is 0.00000120. The Morgan fingerprint density at radius 1 is 1.22 bits per heavy atom. The van der Waals surface area contributed by atoms with Gasteiger partial charge < -0.3 is 10.2 Å². The molecule has 1 fully saturated rings. The SMILES string of the molecule is CC1Cc2ccccc2N1CC1CCNCC1.Cl. The number of rotatable bonds is 2. The van der Waals surface area contributed by atoms with Crippen molar-refractivity contribution >= 4 is 18.1 Å². The minimum Gasteiger partial charge on any atom is -0.368 e. The molecule has 1 unspecified atom stereocenters. The molecule has 2 heterocycles. The van der Waals surface area contributed by atoms with Crippen molar-refractivity contribution in [2.75, 3.05) is 24.5 Å². The molecule has 1 aromatic carbocycles. The van der Waals surface area contributed by atoms with Crippen molar-refractivity contribution in [1.29, 1.82) is 0 Å². The number of hydrogen-bond donors (Lipinski definition) is 1. The average molecular weight is 267 g/mol. The summed E-state index contributed by atoms with van der Waals surface area (Å²) in [4.78, 5) is 2.63. The largest absolute Gasteiger partial charge is 0.368 e. The van der Waals surface area contributed by atoms with Crippen LogP contribution in [0.15, 0.2) is 24.3 Å². The summed E-state index contributed by atoms with van der Waals surface area (Å²) in [5.74, 6) is 0.879. The number of halogens is 1. The lowest BCUT2D eigenvalue weighted by atomic mass is 9.97. The maximum absolute atomic E-state index is 3.45. The third-order valence-electron chi connectivity index (χ3n) is 4.26. The van der Waals surface area contributed by atoms with Crippen molar-refractivity contribution in [3.05, 3.63) is 29.8 Å². The van der Waals surface area contributed by atoms with Crippen LogP contribution in [-0.2, 0) is 6.42 Å². The standard InChI is InChI=1S/C15H22N2.ClH/c1-12-10-14-4-2-3-5-15(14)17(12)11-13-6-8-16-9-7-13;/h2-5,12-13,16H,6-11H2,1H3;1H. The number of nitrogens with zero attached hydrogens (tertiary/aromatic N) is 1. The predicted molar refractivity (Wildman–Crippen MR) is 79.8 cm³/mol. The smallest absolute Gasteiger partial charge is 0.0402 e. The first-order valence-corrected chi connectivity index (χ1v) is 6.90. The Morgan fingerprint density at radius 2 is 1.94 bits per heavy atom. The summed E-state index contributed by atoms with van der Waals surface area (Å²) < 4.78 is 0. The van der Waals surface area contributed by atoms with Gasteiger partial charge in [0.25, 0.3) is 0 Å². The first-order valence-electron chi connectivity index (χ1n) is 6.90. The lowest BCUT2D eigenvalue weighted by Gasteiger charge is -2.32. The Bertz CT molecular complexity index is 388. The summed E-state index contributed by atoms with van der Waals surface area (Å²) in [6.45, 7) is 6.02. The highest BCUT2D eigenvalue weighted by Gasteiger charge is 2.27. The third-order valence-corrected chi connectivity index (χ3v) is 4.26. The average Bonchev–Trinajstić information content (AvgIpc) is 2.68. The zero-order valence-corrected chi connectivity index (χ0v) is 11.9. The van der Waals surface area contributed by atoms with E-state index in [9.17, 15) is 0 Å². The van der Waals surface area contributed by atoms with Crippen LogP contribution in [0.3, 0.4) is 0 Å². The van der Waals surface area contributed by atoms with Gasteiger partial charge in [0.2, 0.25) is 0 Å². The molecule has 18 heavy (non-hydrogen) atoms. The molecule has 0 saturated carbocycles. The summed E-state index contributed by atoms with van der Waals surface area (Å²) in [5.41, 5.74) is 3.02. The Hall–Kier alpha value is -0.730. The van der Waals surface area contributed by atoms with Crippen LogP contribution in [0.1, 0.15) is 25.3 Å². The first-order chi connectivity index (χ1) is 8.34. The van der Waals surface area contributed by atoms with Gasteiger partial charge >= 0.3 is 0 Å². The second-order valence-electron chi connectivity index (χ2n) is 5.53. The van der Waals surface area contributed by atoms with E-state index in [4.69, 9.17) is 0 Å². The van der Waals surface area contributed by atoms with E-state index in [1.807, 2.05) is 0 Å². The third kappa shape index (κ3) is 2.65. The minimum atomic E-state index is 0. The molecule has 1 atom stereocenters. The molecule has 0 amide bonds. The van der Waals surface area contributed by atoms with Crippen LogP contribution in [0.2, 0.25) is 0 Å². The lowest BCUT2D eigenvalue weighted by molar-refractivity contribution is 0.368. The molecular formula is C15H23ClN2. The first kappa shape index (κ1) is 13.7. The normalized spacial score (nSPS) is 23.6. The molecule has 2 nitrogen and oxygen atoms in total. The maximum Gasteiger partial charge on any atom is 0.0402 e. The second-order valence-corrected chi connectivity index (χ2v) is 5.53. The Kier molecular flexibility index (Phi) is 4.52. The molecule has 3 rings (SSSR count). The fourth-order valence-electron chi connectivity index (χ4n) is 3.25. The van der Waals surface area contributed by atoms with Gasteiger partial charge in [0.05, 0.1) is 0 Å². The molecule has 2 aliphatic rings. The van der Waals surface area contributed by atoms with Gasteiger partial charge in [0.15, 0.2) is 0 Å². The zero-order valence-electron chi connectivity index (χ0n) is 11.1. The number of anilines is 1. The van der Waals surface area contributed by atoms with Crippen molar-refractivity contribution in [3.8, 4) is 0 Å². The summed E-state index contributed by atoms with van der Waals surface area (Å²) in [7, 11) is 0. The molecule has 100 valence electrons. The van der Waals surface area contributed by atoms with Crippen LogP contribution in [0.25, 0.3) is 0 Å². The molecule has 1 aromatic rings. The van der Waals surface area contributed by atoms with Gasteiger partial charge in [0.1, 0.15) is 0 Å². The van der Waals surface area contributed by atoms with Gasteiger partial charge in [-0.25, -0.2) is 0 Å². The molecule has 0 aliphatic carbocycles. The molecule has 0 aromatic heterocycles. The number of fused-ring (bicyclic) bond motifs is 1. The quantitative estimate of drug-likeness (QED) is 0.886. The van der Waals surface area contributed by atoms with Crippen molar-refractivity contribution in [2.24, 2.45) is 5.92 Å². The van der Waals surface area contributed by atoms with Crippen molar-refractivity contribution in [3.63, 3.8) is 0 Å². The molecule has 0 radical (unpaired) electrons. The fraction of sp³-hybridized carbons (Fsp3) is 0.600. The van der Waals surface area contributed by atoms with Crippen LogP contribution >= 0.6 is 12.4 Å². The number of para-hydroxylation sites is 1. The van der Waals surface area contributed by atoms with E-state index < -0.39 is 0 Å². The van der Waals surface area contributed by atoms with Crippen molar-refractivity contribution < 1.29 is 0 Å². The fourth-order valence-corrected chi connectivity index (χ4v) is 3.25. The van der Waals surface area contributed by atoms with Gasteiger partial charge in [-0.3, -0.25) is 0 Å². The summed E-state index contributed by atoms with van der Waals surface area (Å²) >= 11 is 0. The van der Waals surface area contributed by atoms with Gasteiger partial charge in [-0.05, 0) is 56.8 Å². The van der Waals surface area contributed by atoms with Crippen molar-refractivity contribution in [2.45, 2.75) is 32.2 Å². The molecule has 2 aliphatic heterocycles. The van der Waals surface area contributed by atoms with Crippen LogP contribution in [0.4, 0.5) is 5.69 Å². The van der Waals surface area contributed by atoms with E-state index in [1.165, 1.54) is 50.1 Å². The highest BCUT2D eigenvalue weighted by Crippen LogP contribution is 2.33. The topological polar surface area (TPSA) is 15.3 Å². The predicted octanol–water partition coefficient (Wildman–Crippen LogP) is 2.86. The molecular weight excluding hydrogens is 244 g/mol.